The molecular weight excluding hydrogens is 442 g/mol. The van der Waals surface area contributed by atoms with Crippen molar-refractivity contribution in [2.75, 3.05) is 23.3 Å². The third-order valence-corrected chi connectivity index (χ3v) is 6.53. The van der Waals surface area contributed by atoms with Crippen molar-refractivity contribution in [1.29, 1.82) is 0 Å². The number of likely N-dealkylation sites (tertiary alicyclic amines) is 1. The Balaban J connectivity index is 1.47. The predicted octanol–water partition coefficient (Wildman–Crippen LogP) is 4.19. The second-order valence-corrected chi connectivity index (χ2v) is 8.28. The van der Waals surface area contributed by atoms with Crippen molar-refractivity contribution in [3.63, 3.8) is 0 Å². The van der Waals surface area contributed by atoms with Crippen molar-refractivity contribution in [3.05, 3.63) is 59.1 Å². The maximum absolute atomic E-state index is 14.5. The van der Waals surface area contributed by atoms with Crippen molar-refractivity contribution in [2.45, 2.75) is 18.5 Å². The number of hydrogen-bond donors (Lipinski definition) is 1. The summed E-state index contributed by atoms with van der Waals surface area (Å²) in [7, 11) is 0. The maximum atomic E-state index is 14.5. The molecule has 2 fully saturated rings. The number of halogens is 3. The molecule has 0 spiro atoms. The van der Waals surface area contributed by atoms with Gasteiger partial charge in [-0.05, 0) is 36.8 Å². The summed E-state index contributed by atoms with van der Waals surface area (Å²) in [5, 5.41) is 2.92. The normalized spacial score (nSPS) is 19.8. The summed E-state index contributed by atoms with van der Waals surface area (Å²) in [6, 6.07) is 7.09. The molecule has 31 heavy (non-hydrogen) atoms. The Morgan fingerprint density at radius 2 is 2.03 bits per heavy atom. The number of amides is 1. The van der Waals surface area contributed by atoms with Crippen LogP contribution in [-0.2, 0) is 4.79 Å². The molecule has 1 aromatic carbocycles. The van der Waals surface area contributed by atoms with Gasteiger partial charge < -0.3 is 15.1 Å². The van der Waals surface area contributed by atoms with Gasteiger partial charge >= 0.3 is 0 Å². The molecule has 0 radical (unpaired) electrons. The minimum Gasteiger partial charge on any atom is -0.350 e. The van der Waals surface area contributed by atoms with Gasteiger partial charge in [-0.1, -0.05) is 29.8 Å². The van der Waals surface area contributed by atoms with E-state index in [9.17, 15) is 9.18 Å². The highest BCUT2D eigenvalue weighted by molar-refractivity contribution is 6.42. The molecular formula is C21H17Cl2FN6O. The zero-order valence-electron chi connectivity index (χ0n) is 16.2. The Labute approximate surface area is 187 Å². The fraction of sp³-hybridized carbons (Fsp3) is 0.238. The molecule has 3 aromatic rings. The van der Waals surface area contributed by atoms with E-state index in [1.54, 1.807) is 0 Å². The highest BCUT2D eigenvalue weighted by Crippen LogP contribution is 2.36. The molecule has 2 aromatic heterocycles. The monoisotopic (exact) mass is 458 g/mol. The van der Waals surface area contributed by atoms with Gasteiger partial charge in [-0.25, -0.2) is 19.3 Å². The molecule has 158 valence electrons. The molecule has 7 nitrogen and oxygen atoms in total. The van der Waals surface area contributed by atoms with E-state index in [4.69, 9.17) is 28.2 Å². The smallest absolute Gasteiger partial charge is 0.246 e. The summed E-state index contributed by atoms with van der Waals surface area (Å²) < 4.78 is 14.5. The molecule has 2 aliphatic heterocycles. The highest BCUT2D eigenvalue weighted by atomic mass is 35.5. The zero-order valence-corrected chi connectivity index (χ0v) is 17.7. The lowest BCUT2D eigenvalue weighted by atomic mass is 10.2. The second-order valence-electron chi connectivity index (χ2n) is 7.50. The molecule has 0 aliphatic carbocycles. The van der Waals surface area contributed by atoms with Crippen LogP contribution in [0.25, 0.3) is 11.0 Å². The molecule has 10 heteroatoms. The number of aromatic nitrogens is 3. The van der Waals surface area contributed by atoms with Crippen LogP contribution in [0.2, 0.25) is 10.0 Å². The topological polar surface area (TPSA) is 74.2 Å². The Morgan fingerprint density at radius 1 is 1.19 bits per heavy atom. The molecule has 2 saturated heterocycles. The quantitative estimate of drug-likeness (QED) is 0.466. The first-order valence-corrected chi connectivity index (χ1v) is 10.4. The van der Waals surface area contributed by atoms with Crippen molar-refractivity contribution in [2.24, 2.45) is 0 Å². The van der Waals surface area contributed by atoms with Crippen LogP contribution in [0.15, 0.2) is 43.2 Å². The number of nitrogens with one attached hydrogen (secondary N) is 1. The maximum Gasteiger partial charge on any atom is 0.246 e. The molecule has 4 heterocycles. The third kappa shape index (κ3) is 3.36. The second kappa shape index (κ2) is 7.62. The summed E-state index contributed by atoms with van der Waals surface area (Å²) in [4.78, 5) is 29.3. The van der Waals surface area contributed by atoms with Crippen LogP contribution >= 0.6 is 23.2 Å². The van der Waals surface area contributed by atoms with Crippen LogP contribution in [0.5, 0.6) is 0 Å². The van der Waals surface area contributed by atoms with Crippen molar-refractivity contribution in [3.8, 4) is 0 Å². The minimum atomic E-state index is -0.666. The summed E-state index contributed by atoms with van der Waals surface area (Å²) in [5.41, 5.74) is 1.27. The van der Waals surface area contributed by atoms with Crippen LogP contribution in [0.3, 0.4) is 0 Å². The predicted molar refractivity (Wildman–Crippen MR) is 118 cm³/mol. The number of benzene rings is 1. The van der Waals surface area contributed by atoms with E-state index in [1.165, 1.54) is 24.5 Å². The number of rotatable bonds is 4. The Bertz CT molecular complexity index is 1220. The molecule has 1 amide bonds. The third-order valence-electron chi connectivity index (χ3n) is 5.75. The molecule has 2 bridgehead atoms. The first-order valence-electron chi connectivity index (χ1n) is 9.68. The SMILES string of the molecule is C=CC(=O)N1C[C@H]2C[C@@H]1CN2c1ccc2ncnc(Nc3ccc(Cl)c(Cl)c3F)c2n1. The Hall–Kier alpha value is -2.97. The van der Waals surface area contributed by atoms with E-state index in [1.807, 2.05) is 17.0 Å². The number of piperazine rings is 1. The molecule has 1 N–H and O–H groups in total. The van der Waals surface area contributed by atoms with Crippen LogP contribution in [0.1, 0.15) is 6.42 Å². The average molecular weight is 459 g/mol. The lowest BCUT2D eigenvalue weighted by Gasteiger charge is -2.34. The zero-order chi connectivity index (χ0) is 21.7. The summed E-state index contributed by atoms with van der Waals surface area (Å²) in [6.45, 7) is 4.91. The summed E-state index contributed by atoms with van der Waals surface area (Å²) >= 11 is 11.8. The first kappa shape index (κ1) is 20.0. The van der Waals surface area contributed by atoms with Gasteiger partial charge in [0.1, 0.15) is 17.7 Å². The van der Waals surface area contributed by atoms with Crippen molar-refractivity contribution < 1.29 is 9.18 Å². The number of pyridine rings is 1. The van der Waals surface area contributed by atoms with Gasteiger partial charge in [0, 0.05) is 13.1 Å². The van der Waals surface area contributed by atoms with Gasteiger partial charge in [-0.15, -0.1) is 0 Å². The van der Waals surface area contributed by atoms with E-state index in [-0.39, 0.29) is 33.7 Å². The molecule has 2 aliphatic rings. The van der Waals surface area contributed by atoms with E-state index >= 15 is 0 Å². The fourth-order valence-electron chi connectivity index (χ4n) is 4.27. The Kier molecular flexibility index (Phi) is 4.91. The van der Waals surface area contributed by atoms with Gasteiger partial charge in [0.25, 0.3) is 0 Å². The lowest BCUT2D eigenvalue weighted by molar-refractivity contribution is -0.127. The van der Waals surface area contributed by atoms with Gasteiger partial charge in [-0.2, -0.15) is 0 Å². The Morgan fingerprint density at radius 3 is 2.77 bits per heavy atom. The number of nitrogens with zero attached hydrogens (tertiary/aromatic N) is 5. The highest BCUT2D eigenvalue weighted by Gasteiger charge is 2.45. The van der Waals surface area contributed by atoms with Gasteiger partial charge in [0.2, 0.25) is 5.91 Å². The molecule has 5 rings (SSSR count). The molecule has 0 saturated carbocycles. The van der Waals surface area contributed by atoms with Gasteiger partial charge in [0.15, 0.2) is 11.6 Å². The van der Waals surface area contributed by atoms with Crippen molar-refractivity contribution in [1.82, 2.24) is 19.9 Å². The number of anilines is 3. The van der Waals surface area contributed by atoms with Crippen molar-refractivity contribution >= 4 is 57.5 Å². The number of carbonyl (C=O) groups excluding carboxylic acids is 1. The average Bonchev–Trinajstić information content (AvgIpc) is 3.40. The van der Waals surface area contributed by atoms with E-state index in [0.717, 1.165) is 12.2 Å². The molecule has 0 unspecified atom stereocenters. The molecule has 2 atom stereocenters. The van der Waals surface area contributed by atoms with Crippen LogP contribution < -0.4 is 10.2 Å². The lowest BCUT2D eigenvalue weighted by Crippen LogP contribution is -2.48. The number of hydrogen-bond acceptors (Lipinski definition) is 6. The fourth-order valence-corrected chi connectivity index (χ4v) is 4.58. The summed E-state index contributed by atoms with van der Waals surface area (Å²) in [6.07, 6.45) is 3.64. The summed E-state index contributed by atoms with van der Waals surface area (Å²) in [5.74, 6) is 0.415. The van der Waals surface area contributed by atoms with E-state index < -0.39 is 5.82 Å². The van der Waals surface area contributed by atoms with Crippen LogP contribution in [0.4, 0.5) is 21.7 Å². The van der Waals surface area contributed by atoms with E-state index in [2.05, 4.69) is 26.8 Å². The van der Waals surface area contributed by atoms with Crippen LogP contribution in [0, 0.1) is 5.82 Å². The van der Waals surface area contributed by atoms with Gasteiger partial charge in [0.05, 0.1) is 33.3 Å². The minimum absolute atomic E-state index is 0.0397. The number of fused-ring (bicyclic) bond motifs is 3. The first-order chi connectivity index (χ1) is 15.0. The standard InChI is InChI=1S/C21H17Cl2FN6O/c1-2-17(31)30-9-11-7-12(30)8-29(11)16-6-5-15-20(28-16)21(26-10-25-15)27-14-4-3-13(22)18(23)19(14)24/h2-6,10-12H,1,7-9H2,(H,25,26,27)/t11-,12-/m1/s1. The van der Waals surface area contributed by atoms with Crippen LogP contribution in [-0.4, -0.2) is 50.9 Å². The van der Waals surface area contributed by atoms with E-state index in [0.29, 0.717) is 29.9 Å². The van der Waals surface area contributed by atoms with Gasteiger partial charge in [-0.3, -0.25) is 4.79 Å². The number of carbonyl (C=O) groups is 1. The largest absolute Gasteiger partial charge is 0.350 e.